The Morgan fingerprint density at radius 1 is 1.50 bits per heavy atom. The standard InChI is InChI=1S/C13H23N3O3S/c1-10(2)7-16-13(14-9-15-16)6-12(17)5-11-3-4-20(18,19)8-11/h9-12,17H,3-8H2,1-2H3. The van der Waals surface area contributed by atoms with Crippen molar-refractivity contribution in [3.05, 3.63) is 12.2 Å². The van der Waals surface area contributed by atoms with Crippen molar-refractivity contribution in [3.8, 4) is 0 Å². The molecular formula is C13H23N3O3S. The van der Waals surface area contributed by atoms with Crippen LogP contribution in [-0.4, -0.2) is 45.9 Å². The molecule has 0 spiro atoms. The highest BCUT2D eigenvalue weighted by Crippen LogP contribution is 2.23. The molecule has 1 aromatic heterocycles. The highest BCUT2D eigenvalue weighted by Gasteiger charge is 2.29. The summed E-state index contributed by atoms with van der Waals surface area (Å²) < 4.78 is 24.6. The van der Waals surface area contributed by atoms with Crippen molar-refractivity contribution in [2.75, 3.05) is 11.5 Å². The highest BCUT2D eigenvalue weighted by molar-refractivity contribution is 7.91. The molecule has 114 valence electrons. The van der Waals surface area contributed by atoms with E-state index in [0.29, 0.717) is 25.2 Å². The topological polar surface area (TPSA) is 85.1 Å². The van der Waals surface area contributed by atoms with E-state index in [4.69, 9.17) is 0 Å². The average molecular weight is 301 g/mol. The third-order valence-corrected chi connectivity index (χ3v) is 5.42. The quantitative estimate of drug-likeness (QED) is 0.834. The first-order chi connectivity index (χ1) is 9.35. The molecule has 2 heterocycles. The van der Waals surface area contributed by atoms with E-state index in [1.807, 2.05) is 4.68 Å². The van der Waals surface area contributed by atoms with E-state index in [-0.39, 0.29) is 17.4 Å². The molecule has 2 rings (SSSR count). The lowest BCUT2D eigenvalue weighted by Gasteiger charge is -2.15. The fraction of sp³-hybridized carbons (Fsp3) is 0.846. The molecule has 0 bridgehead atoms. The number of hydrogen-bond donors (Lipinski definition) is 1. The molecule has 1 saturated heterocycles. The van der Waals surface area contributed by atoms with E-state index < -0.39 is 15.9 Å². The summed E-state index contributed by atoms with van der Waals surface area (Å²) in [6.07, 6.45) is 2.57. The van der Waals surface area contributed by atoms with Crippen molar-refractivity contribution >= 4 is 9.84 Å². The van der Waals surface area contributed by atoms with Crippen LogP contribution in [0, 0.1) is 11.8 Å². The summed E-state index contributed by atoms with van der Waals surface area (Å²) in [5.74, 6) is 1.78. The molecule has 1 aliphatic heterocycles. The van der Waals surface area contributed by atoms with E-state index in [9.17, 15) is 13.5 Å². The van der Waals surface area contributed by atoms with Gasteiger partial charge in [-0.15, -0.1) is 0 Å². The van der Waals surface area contributed by atoms with Crippen molar-refractivity contribution in [2.45, 2.75) is 45.8 Å². The second-order valence-electron chi connectivity index (χ2n) is 6.11. The summed E-state index contributed by atoms with van der Waals surface area (Å²) in [7, 11) is -2.87. The molecule has 6 nitrogen and oxygen atoms in total. The van der Waals surface area contributed by atoms with Crippen LogP contribution in [0.2, 0.25) is 0 Å². The van der Waals surface area contributed by atoms with Crippen LogP contribution in [-0.2, 0) is 22.8 Å². The lowest BCUT2D eigenvalue weighted by atomic mass is 9.99. The zero-order valence-electron chi connectivity index (χ0n) is 12.1. The minimum atomic E-state index is -2.87. The zero-order valence-corrected chi connectivity index (χ0v) is 12.9. The number of rotatable bonds is 6. The molecule has 0 aromatic carbocycles. The van der Waals surface area contributed by atoms with Crippen LogP contribution in [0.5, 0.6) is 0 Å². The van der Waals surface area contributed by atoms with Crippen LogP contribution in [0.25, 0.3) is 0 Å². The van der Waals surface area contributed by atoms with Crippen LogP contribution in [0.15, 0.2) is 6.33 Å². The predicted molar refractivity (Wildman–Crippen MR) is 75.9 cm³/mol. The van der Waals surface area contributed by atoms with E-state index in [1.54, 1.807) is 0 Å². The molecule has 1 N–H and O–H groups in total. The van der Waals surface area contributed by atoms with Crippen molar-refractivity contribution in [3.63, 3.8) is 0 Å². The largest absolute Gasteiger partial charge is 0.393 e. The molecule has 0 amide bonds. The van der Waals surface area contributed by atoms with Crippen molar-refractivity contribution in [2.24, 2.45) is 11.8 Å². The molecule has 1 aromatic rings. The summed E-state index contributed by atoms with van der Waals surface area (Å²) in [6, 6.07) is 0. The van der Waals surface area contributed by atoms with Crippen molar-refractivity contribution in [1.82, 2.24) is 14.8 Å². The zero-order chi connectivity index (χ0) is 14.8. The number of aliphatic hydroxyl groups is 1. The molecule has 2 atom stereocenters. The molecule has 0 radical (unpaired) electrons. The maximum absolute atomic E-state index is 11.4. The molecule has 0 saturated carbocycles. The Labute approximate surface area is 120 Å². The third-order valence-electron chi connectivity index (χ3n) is 3.58. The smallest absolute Gasteiger partial charge is 0.150 e. The maximum atomic E-state index is 11.4. The average Bonchev–Trinajstić information content (AvgIpc) is 2.85. The lowest BCUT2D eigenvalue weighted by molar-refractivity contribution is 0.143. The molecule has 20 heavy (non-hydrogen) atoms. The van der Waals surface area contributed by atoms with Gasteiger partial charge in [0.15, 0.2) is 9.84 Å². The molecule has 1 fully saturated rings. The number of aromatic nitrogens is 3. The number of hydrogen-bond acceptors (Lipinski definition) is 5. The Balaban J connectivity index is 1.89. The van der Waals surface area contributed by atoms with Gasteiger partial charge in [-0.1, -0.05) is 13.8 Å². The van der Waals surface area contributed by atoms with Gasteiger partial charge in [0.25, 0.3) is 0 Å². The molecule has 2 unspecified atom stereocenters. The first kappa shape index (κ1) is 15.4. The Bertz CT molecular complexity index is 539. The Morgan fingerprint density at radius 3 is 2.85 bits per heavy atom. The van der Waals surface area contributed by atoms with Crippen LogP contribution < -0.4 is 0 Å². The summed E-state index contributed by atoms with van der Waals surface area (Å²) in [5.41, 5.74) is 0. The fourth-order valence-corrected chi connectivity index (χ4v) is 4.56. The normalized spacial score (nSPS) is 23.3. The van der Waals surface area contributed by atoms with Gasteiger partial charge in [0.05, 0.1) is 17.6 Å². The number of sulfone groups is 1. The monoisotopic (exact) mass is 301 g/mol. The van der Waals surface area contributed by atoms with Gasteiger partial charge in [-0.3, -0.25) is 0 Å². The van der Waals surface area contributed by atoms with Crippen LogP contribution in [0.4, 0.5) is 0 Å². The van der Waals surface area contributed by atoms with Gasteiger partial charge >= 0.3 is 0 Å². The predicted octanol–water partition coefficient (Wildman–Crippen LogP) is 0.662. The van der Waals surface area contributed by atoms with Gasteiger partial charge in [0.1, 0.15) is 12.2 Å². The van der Waals surface area contributed by atoms with Crippen molar-refractivity contribution < 1.29 is 13.5 Å². The van der Waals surface area contributed by atoms with E-state index >= 15 is 0 Å². The van der Waals surface area contributed by atoms with Crippen LogP contribution in [0.3, 0.4) is 0 Å². The summed E-state index contributed by atoms with van der Waals surface area (Å²) >= 11 is 0. The minimum absolute atomic E-state index is 0.0801. The lowest BCUT2D eigenvalue weighted by Crippen LogP contribution is -2.20. The van der Waals surface area contributed by atoms with Gasteiger partial charge in [-0.05, 0) is 24.7 Å². The third kappa shape index (κ3) is 4.28. The van der Waals surface area contributed by atoms with Gasteiger partial charge in [0.2, 0.25) is 0 Å². The van der Waals surface area contributed by atoms with Crippen LogP contribution >= 0.6 is 0 Å². The number of aliphatic hydroxyl groups excluding tert-OH is 1. The van der Waals surface area contributed by atoms with Gasteiger partial charge < -0.3 is 5.11 Å². The second-order valence-corrected chi connectivity index (χ2v) is 8.34. The van der Waals surface area contributed by atoms with Crippen LogP contribution in [0.1, 0.15) is 32.5 Å². The molecular weight excluding hydrogens is 278 g/mol. The van der Waals surface area contributed by atoms with E-state index in [2.05, 4.69) is 23.9 Å². The van der Waals surface area contributed by atoms with Crippen molar-refractivity contribution in [1.29, 1.82) is 0 Å². The molecule has 7 heteroatoms. The van der Waals surface area contributed by atoms with E-state index in [1.165, 1.54) is 6.33 Å². The summed E-state index contributed by atoms with van der Waals surface area (Å²) in [5, 5.41) is 14.3. The highest BCUT2D eigenvalue weighted by atomic mass is 32.2. The Morgan fingerprint density at radius 2 is 2.25 bits per heavy atom. The maximum Gasteiger partial charge on any atom is 0.150 e. The minimum Gasteiger partial charge on any atom is -0.393 e. The van der Waals surface area contributed by atoms with Gasteiger partial charge in [-0.2, -0.15) is 5.10 Å². The first-order valence-corrected chi connectivity index (χ1v) is 8.93. The van der Waals surface area contributed by atoms with Gasteiger partial charge in [0, 0.05) is 13.0 Å². The molecule has 0 aliphatic carbocycles. The summed E-state index contributed by atoms with van der Waals surface area (Å²) in [4.78, 5) is 4.19. The SMILES string of the molecule is CC(C)Cn1ncnc1CC(O)CC1CCS(=O)(=O)C1. The Kier molecular flexibility index (Phi) is 4.80. The molecule has 1 aliphatic rings. The Hall–Kier alpha value is -0.950. The van der Waals surface area contributed by atoms with Gasteiger partial charge in [-0.25, -0.2) is 18.1 Å². The second kappa shape index (κ2) is 6.22. The van der Waals surface area contributed by atoms with E-state index in [0.717, 1.165) is 12.4 Å². The first-order valence-electron chi connectivity index (χ1n) is 7.11. The number of nitrogens with zero attached hydrogens (tertiary/aromatic N) is 3. The summed E-state index contributed by atoms with van der Waals surface area (Å²) in [6.45, 7) is 4.98. The fourth-order valence-electron chi connectivity index (χ4n) is 2.68.